The van der Waals surface area contributed by atoms with Crippen molar-refractivity contribution in [2.75, 3.05) is 6.54 Å². The molecule has 2 fully saturated rings. The van der Waals surface area contributed by atoms with Gasteiger partial charge >= 0.3 is 0 Å². The minimum atomic E-state index is 0.779. The number of fused-ring (bicyclic) bond motifs is 2. The lowest BCUT2D eigenvalue weighted by molar-refractivity contribution is 0.109. The highest BCUT2D eigenvalue weighted by molar-refractivity contribution is 7.07. The maximum Gasteiger partial charge on any atom is 0.0247 e. The highest BCUT2D eigenvalue weighted by atomic mass is 32.1. The van der Waals surface area contributed by atoms with Crippen molar-refractivity contribution in [2.24, 2.45) is 0 Å². The molecule has 0 saturated carbocycles. The van der Waals surface area contributed by atoms with Gasteiger partial charge in [-0.25, -0.2) is 0 Å². The lowest BCUT2D eigenvalue weighted by Crippen LogP contribution is -2.48. The smallest absolute Gasteiger partial charge is 0.0247 e. The second-order valence-corrected chi connectivity index (χ2v) is 6.59. The van der Waals surface area contributed by atoms with E-state index in [1.165, 1.54) is 50.8 Å². The second kappa shape index (κ2) is 5.72. The van der Waals surface area contributed by atoms with Crippen LogP contribution in [0, 0.1) is 0 Å². The van der Waals surface area contributed by atoms with Crippen molar-refractivity contribution in [1.29, 1.82) is 0 Å². The van der Waals surface area contributed by atoms with E-state index in [2.05, 4.69) is 34.0 Å². The summed E-state index contributed by atoms with van der Waals surface area (Å²) in [6.45, 7) is 4.63. The molecule has 18 heavy (non-hydrogen) atoms. The fourth-order valence-corrected chi connectivity index (χ4v) is 4.30. The van der Waals surface area contributed by atoms with Gasteiger partial charge in [0.2, 0.25) is 0 Å². The predicted molar refractivity (Wildman–Crippen MR) is 78.0 cm³/mol. The van der Waals surface area contributed by atoms with Crippen LogP contribution in [0.2, 0.25) is 0 Å². The van der Waals surface area contributed by atoms with E-state index in [1.54, 1.807) is 0 Å². The minimum absolute atomic E-state index is 0.779. The molecule has 3 rings (SSSR count). The minimum Gasteiger partial charge on any atom is -0.314 e. The van der Waals surface area contributed by atoms with Crippen LogP contribution >= 0.6 is 11.3 Å². The zero-order chi connectivity index (χ0) is 12.4. The van der Waals surface area contributed by atoms with Gasteiger partial charge < -0.3 is 5.32 Å². The lowest BCUT2D eigenvalue weighted by atomic mass is 9.96. The molecule has 100 valence electrons. The van der Waals surface area contributed by atoms with Crippen molar-refractivity contribution >= 4 is 11.3 Å². The zero-order valence-corrected chi connectivity index (χ0v) is 12.1. The molecule has 2 aliphatic heterocycles. The van der Waals surface area contributed by atoms with Crippen LogP contribution in [0.1, 0.15) is 44.6 Å². The average Bonchev–Trinajstić information content (AvgIpc) is 2.95. The van der Waals surface area contributed by atoms with E-state index in [-0.39, 0.29) is 0 Å². The molecule has 3 heteroatoms. The van der Waals surface area contributed by atoms with Gasteiger partial charge in [0.1, 0.15) is 0 Å². The summed E-state index contributed by atoms with van der Waals surface area (Å²) in [5.74, 6) is 0. The van der Waals surface area contributed by atoms with Gasteiger partial charge in [0, 0.05) is 24.7 Å². The molecule has 2 saturated heterocycles. The third kappa shape index (κ3) is 2.63. The van der Waals surface area contributed by atoms with Crippen LogP contribution < -0.4 is 5.32 Å². The fourth-order valence-electron chi connectivity index (χ4n) is 3.64. The first kappa shape index (κ1) is 12.6. The summed E-state index contributed by atoms with van der Waals surface area (Å²) < 4.78 is 0. The Kier molecular flexibility index (Phi) is 4.02. The Morgan fingerprint density at radius 2 is 2.11 bits per heavy atom. The Hall–Kier alpha value is -0.380. The van der Waals surface area contributed by atoms with E-state index in [0.717, 1.165) is 18.1 Å². The molecule has 0 amide bonds. The largest absolute Gasteiger partial charge is 0.314 e. The van der Waals surface area contributed by atoms with Crippen LogP contribution in [-0.2, 0) is 6.54 Å². The Morgan fingerprint density at radius 1 is 1.33 bits per heavy atom. The predicted octanol–water partition coefficient (Wildman–Crippen LogP) is 3.24. The van der Waals surface area contributed by atoms with Crippen LogP contribution in [0.3, 0.4) is 0 Å². The first-order valence-electron chi connectivity index (χ1n) is 7.37. The molecule has 1 aromatic heterocycles. The van der Waals surface area contributed by atoms with Gasteiger partial charge in [0.05, 0.1) is 0 Å². The maximum absolute atomic E-state index is 3.73. The summed E-state index contributed by atoms with van der Waals surface area (Å²) in [5, 5.41) is 8.23. The molecule has 0 spiro atoms. The normalized spacial score (nSPS) is 31.9. The number of piperidine rings is 1. The summed E-state index contributed by atoms with van der Waals surface area (Å²) >= 11 is 1.82. The van der Waals surface area contributed by atoms with Gasteiger partial charge in [-0.3, -0.25) is 4.90 Å². The van der Waals surface area contributed by atoms with E-state index in [0.29, 0.717) is 0 Å². The third-order valence-electron chi connectivity index (χ3n) is 4.51. The van der Waals surface area contributed by atoms with E-state index < -0.39 is 0 Å². The van der Waals surface area contributed by atoms with Crippen LogP contribution in [0.25, 0.3) is 0 Å². The molecule has 2 nitrogen and oxygen atoms in total. The van der Waals surface area contributed by atoms with Crippen LogP contribution in [0.15, 0.2) is 16.8 Å². The molecular weight excluding hydrogens is 240 g/mol. The van der Waals surface area contributed by atoms with Crippen LogP contribution in [0.4, 0.5) is 0 Å². The highest BCUT2D eigenvalue weighted by Crippen LogP contribution is 2.36. The fraction of sp³-hybridized carbons (Fsp3) is 0.733. The van der Waals surface area contributed by atoms with Gasteiger partial charge in [-0.15, -0.1) is 0 Å². The lowest BCUT2D eigenvalue weighted by Gasteiger charge is -2.39. The Bertz CT molecular complexity index is 349. The Labute approximate surface area is 114 Å². The van der Waals surface area contributed by atoms with Crippen molar-refractivity contribution in [3.05, 3.63) is 22.4 Å². The van der Waals surface area contributed by atoms with Crippen molar-refractivity contribution in [3.63, 3.8) is 0 Å². The van der Waals surface area contributed by atoms with Gasteiger partial charge in [-0.1, -0.05) is 6.92 Å². The number of thiophene rings is 1. The van der Waals surface area contributed by atoms with E-state index in [9.17, 15) is 0 Å². The standard InChI is InChI=1S/C15H24N2S/c1-2-6-16-13-8-14-3-4-15(9-13)17(14)10-12-5-7-18-11-12/h5,7,11,13-16H,2-4,6,8-10H2,1H3. The number of hydrogen-bond donors (Lipinski definition) is 1. The topological polar surface area (TPSA) is 15.3 Å². The van der Waals surface area contributed by atoms with E-state index >= 15 is 0 Å². The van der Waals surface area contributed by atoms with Gasteiger partial charge in [-0.05, 0) is 61.0 Å². The Morgan fingerprint density at radius 3 is 2.72 bits per heavy atom. The molecule has 1 aromatic rings. The first-order chi connectivity index (χ1) is 8.86. The summed E-state index contributed by atoms with van der Waals surface area (Å²) in [4.78, 5) is 2.77. The summed E-state index contributed by atoms with van der Waals surface area (Å²) in [5.41, 5.74) is 1.51. The monoisotopic (exact) mass is 264 g/mol. The zero-order valence-electron chi connectivity index (χ0n) is 11.3. The molecule has 2 atom stereocenters. The van der Waals surface area contributed by atoms with E-state index in [1.807, 2.05) is 11.3 Å². The van der Waals surface area contributed by atoms with Gasteiger partial charge in [-0.2, -0.15) is 11.3 Å². The molecular formula is C15H24N2S. The van der Waals surface area contributed by atoms with E-state index in [4.69, 9.17) is 0 Å². The van der Waals surface area contributed by atoms with Crippen LogP contribution in [-0.4, -0.2) is 29.6 Å². The second-order valence-electron chi connectivity index (χ2n) is 5.81. The molecule has 0 aromatic carbocycles. The van der Waals surface area contributed by atoms with Gasteiger partial charge in [0.25, 0.3) is 0 Å². The van der Waals surface area contributed by atoms with Gasteiger partial charge in [0.15, 0.2) is 0 Å². The molecule has 2 aliphatic rings. The molecule has 0 radical (unpaired) electrons. The molecule has 0 aliphatic carbocycles. The number of rotatable bonds is 5. The summed E-state index contributed by atoms with van der Waals surface area (Å²) in [7, 11) is 0. The number of nitrogens with one attached hydrogen (secondary N) is 1. The molecule has 1 N–H and O–H groups in total. The SMILES string of the molecule is CCCNC1CC2CCC(C1)N2Cc1ccsc1. The Balaban J connectivity index is 1.59. The quantitative estimate of drug-likeness (QED) is 0.878. The number of hydrogen-bond acceptors (Lipinski definition) is 3. The molecule has 2 unspecified atom stereocenters. The van der Waals surface area contributed by atoms with Crippen molar-refractivity contribution in [2.45, 2.75) is 63.7 Å². The van der Waals surface area contributed by atoms with Crippen molar-refractivity contribution < 1.29 is 0 Å². The summed E-state index contributed by atoms with van der Waals surface area (Å²) in [6, 6.07) is 4.73. The highest BCUT2D eigenvalue weighted by Gasteiger charge is 2.40. The third-order valence-corrected chi connectivity index (χ3v) is 5.24. The molecule has 2 bridgehead atoms. The van der Waals surface area contributed by atoms with Crippen molar-refractivity contribution in [1.82, 2.24) is 10.2 Å². The first-order valence-corrected chi connectivity index (χ1v) is 8.31. The maximum atomic E-state index is 3.73. The molecule has 3 heterocycles. The average molecular weight is 264 g/mol. The van der Waals surface area contributed by atoms with Crippen molar-refractivity contribution in [3.8, 4) is 0 Å². The van der Waals surface area contributed by atoms with Crippen LogP contribution in [0.5, 0.6) is 0 Å². The number of nitrogens with zero attached hydrogens (tertiary/aromatic N) is 1. The summed E-state index contributed by atoms with van der Waals surface area (Å²) in [6.07, 6.45) is 6.81.